The Morgan fingerprint density at radius 2 is 1.88 bits per heavy atom. The van der Waals surface area contributed by atoms with Gasteiger partial charge in [0.05, 0.1) is 11.7 Å². The van der Waals surface area contributed by atoms with Crippen LogP contribution in [0, 0.1) is 5.92 Å². The summed E-state index contributed by atoms with van der Waals surface area (Å²) in [7, 11) is 0. The van der Waals surface area contributed by atoms with Gasteiger partial charge in [-0.25, -0.2) is 0 Å². The van der Waals surface area contributed by atoms with Crippen LogP contribution in [-0.4, -0.2) is 42.0 Å². The molecule has 0 aromatic rings. The van der Waals surface area contributed by atoms with Gasteiger partial charge < -0.3 is 9.47 Å². The lowest BCUT2D eigenvalue weighted by atomic mass is 9.97. The predicted molar refractivity (Wildman–Crippen MR) is 76.3 cm³/mol. The molecule has 1 aliphatic heterocycles. The van der Waals surface area contributed by atoms with Gasteiger partial charge in [0.2, 0.25) is 5.76 Å². The van der Waals surface area contributed by atoms with Crippen LogP contribution in [0.4, 0.5) is 26.3 Å². The Kier molecular flexibility index (Phi) is 7.04. The van der Waals surface area contributed by atoms with Gasteiger partial charge in [-0.1, -0.05) is 20.8 Å². The first-order valence-electron chi connectivity index (χ1n) is 7.20. The molecule has 0 amide bonds. The fourth-order valence-electron chi connectivity index (χ4n) is 2.05. The zero-order valence-electron chi connectivity index (χ0n) is 13.3. The summed E-state index contributed by atoms with van der Waals surface area (Å²) in [6.07, 6.45) is -12.5. The number of hydrogen-bond donors (Lipinski definition) is 0. The summed E-state index contributed by atoms with van der Waals surface area (Å²) in [6.45, 7) is 4.98. The summed E-state index contributed by atoms with van der Waals surface area (Å²) in [5, 5.41) is 0. The number of ether oxygens (including phenoxy) is 2. The maximum absolute atomic E-state index is 13.2. The normalized spacial score (nSPS) is 22.8. The van der Waals surface area contributed by atoms with Crippen molar-refractivity contribution in [2.75, 3.05) is 12.4 Å². The average molecular weight is 380 g/mol. The number of thioether (sulfide) groups is 1. The molecule has 0 bridgehead atoms. The standard InChI is InChI=1S/C14H18F6O3S/c1-4-24-9-5-8(22-6-7(2)3)10(11(21)13(15,16)17)12(23-9)14(18,19)20/h7-9H,4-6H2,1-3H3/t8-,9+/m1/s1. The first-order valence-corrected chi connectivity index (χ1v) is 8.25. The largest absolute Gasteiger partial charge is 0.474 e. The number of alkyl halides is 6. The second-order valence-corrected chi connectivity index (χ2v) is 6.96. The minimum atomic E-state index is -5.45. The molecule has 3 nitrogen and oxygen atoms in total. The molecular weight excluding hydrogens is 362 g/mol. The molecular formula is C14H18F6O3S. The zero-order valence-corrected chi connectivity index (χ0v) is 14.1. The molecule has 10 heteroatoms. The van der Waals surface area contributed by atoms with E-state index in [-0.39, 0.29) is 18.9 Å². The molecule has 0 spiro atoms. The van der Waals surface area contributed by atoms with Crippen molar-refractivity contribution in [3.05, 3.63) is 11.3 Å². The summed E-state index contributed by atoms with van der Waals surface area (Å²) in [5.74, 6) is -4.21. The molecule has 0 saturated heterocycles. The highest BCUT2D eigenvalue weighted by Gasteiger charge is 2.53. The van der Waals surface area contributed by atoms with E-state index in [1.165, 1.54) is 0 Å². The highest BCUT2D eigenvalue weighted by atomic mass is 32.2. The number of allylic oxidation sites excluding steroid dienone is 1. The quantitative estimate of drug-likeness (QED) is 0.637. The second-order valence-electron chi connectivity index (χ2n) is 5.52. The van der Waals surface area contributed by atoms with Gasteiger partial charge in [0.1, 0.15) is 5.44 Å². The molecule has 2 atom stereocenters. The molecule has 24 heavy (non-hydrogen) atoms. The number of halogens is 6. The summed E-state index contributed by atoms with van der Waals surface area (Å²) < 4.78 is 87.6. The lowest BCUT2D eigenvalue weighted by molar-refractivity contribution is -0.174. The minimum absolute atomic E-state index is 0.0754. The van der Waals surface area contributed by atoms with Crippen LogP contribution in [0.2, 0.25) is 0 Å². The van der Waals surface area contributed by atoms with E-state index in [4.69, 9.17) is 4.74 Å². The Morgan fingerprint density at radius 1 is 1.29 bits per heavy atom. The van der Waals surface area contributed by atoms with Gasteiger partial charge in [-0.3, -0.25) is 4.79 Å². The van der Waals surface area contributed by atoms with Gasteiger partial charge in [-0.15, -0.1) is 11.8 Å². The number of carbonyl (C=O) groups excluding carboxylic acids is 1. The summed E-state index contributed by atoms with van der Waals surface area (Å²) in [4.78, 5) is 11.5. The Morgan fingerprint density at radius 3 is 2.29 bits per heavy atom. The lowest BCUT2D eigenvalue weighted by Crippen LogP contribution is -2.41. The maximum atomic E-state index is 13.2. The van der Waals surface area contributed by atoms with E-state index in [2.05, 4.69) is 4.74 Å². The minimum Gasteiger partial charge on any atom is -0.474 e. The molecule has 0 N–H and O–H groups in total. The number of carbonyl (C=O) groups is 1. The number of hydrogen-bond acceptors (Lipinski definition) is 4. The van der Waals surface area contributed by atoms with Crippen LogP contribution in [0.3, 0.4) is 0 Å². The number of ketones is 1. The first-order chi connectivity index (χ1) is 10.9. The molecule has 0 fully saturated rings. The predicted octanol–water partition coefficient (Wildman–Crippen LogP) is 4.47. The monoisotopic (exact) mass is 380 g/mol. The van der Waals surface area contributed by atoms with Crippen LogP contribution in [0.5, 0.6) is 0 Å². The smallest absolute Gasteiger partial charge is 0.454 e. The summed E-state index contributed by atoms with van der Waals surface area (Å²) >= 11 is 1.00. The molecule has 140 valence electrons. The van der Waals surface area contributed by atoms with Gasteiger partial charge >= 0.3 is 12.4 Å². The van der Waals surface area contributed by atoms with E-state index in [0.29, 0.717) is 5.75 Å². The van der Waals surface area contributed by atoms with Gasteiger partial charge in [0, 0.05) is 13.0 Å². The van der Waals surface area contributed by atoms with E-state index < -0.39 is 41.0 Å². The van der Waals surface area contributed by atoms with Crippen LogP contribution < -0.4 is 0 Å². The van der Waals surface area contributed by atoms with Crippen molar-refractivity contribution in [3.8, 4) is 0 Å². The van der Waals surface area contributed by atoms with E-state index in [9.17, 15) is 31.1 Å². The number of rotatable bonds is 6. The van der Waals surface area contributed by atoms with Crippen molar-refractivity contribution in [1.82, 2.24) is 0 Å². The highest BCUT2D eigenvalue weighted by Crippen LogP contribution is 2.42. The molecule has 0 saturated carbocycles. The van der Waals surface area contributed by atoms with Crippen LogP contribution >= 0.6 is 11.8 Å². The summed E-state index contributed by atoms with van der Waals surface area (Å²) in [6, 6.07) is 0. The SMILES string of the molecule is CCS[C@H]1C[C@@H](OCC(C)C)C(C(=O)C(F)(F)F)=C(C(F)(F)F)O1. The summed E-state index contributed by atoms with van der Waals surface area (Å²) in [5.41, 5.74) is -2.53. The van der Waals surface area contributed by atoms with Crippen molar-refractivity contribution >= 4 is 17.5 Å². The first kappa shape index (κ1) is 21.1. The van der Waals surface area contributed by atoms with E-state index in [1.807, 2.05) is 0 Å². The molecule has 0 aromatic heterocycles. The van der Waals surface area contributed by atoms with Gasteiger partial charge in [-0.2, -0.15) is 26.3 Å². The fourth-order valence-corrected chi connectivity index (χ4v) is 2.90. The van der Waals surface area contributed by atoms with Gasteiger partial charge in [-0.05, 0) is 11.7 Å². The zero-order chi connectivity index (χ0) is 18.7. The van der Waals surface area contributed by atoms with Crippen molar-refractivity contribution in [2.45, 2.75) is 51.1 Å². The Balaban J connectivity index is 3.34. The Labute approximate surface area is 139 Å². The van der Waals surface area contributed by atoms with Crippen LogP contribution in [0.15, 0.2) is 11.3 Å². The third-order valence-electron chi connectivity index (χ3n) is 2.97. The molecule has 1 aliphatic rings. The molecule has 1 heterocycles. The van der Waals surface area contributed by atoms with Crippen LogP contribution in [0.25, 0.3) is 0 Å². The fraction of sp³-hybridized carbons (Fsp3) is 0.786. The second kappa shape index (κ2) is 7.99. The average Bonchev–Trinajstić information content (AvgIpc) is 2.42. The molecule has 1 rings (SSSR count). The molecule has 0 aliphatic carbocycles. The van der Waals surface area contributed by atoms with Crippen LogP contribution in [0.1, 0.15) is 27.2 Å². The lowest BCUT2D eigenvalue weighted by Gasteiger charge is -2.34. The van der Waals surface area contributed by atoms with Gasteiger partial charge in [0.25, 0.3) is 5.78 Å². The van der Waals surface area contributed by atoms with Crippen molar-refractivity contribution in [3.63, 3.8) is 0 Å². The van der Waals surface area contributed by atoms with Crippen molar-refractivity contribution in [2.24, 2.45) is 5.92 Å². The topological polar surface area (TPSA) is 35.5 Å². The third-order valence-corrected chi connectivity index (χ3v) is 3.96. The molecule has 0 radical (unpaired) electrons. The van der Waals surface area contributed by atoms with E-state index in [0.717, 1.165) is 11.8 Å². The Bertz CT molecular complexity index is 484. The Hall–Kier alpha value is -0.900. The van der Waals surface area contributed by atoms with Crippen LogP contribution in [-0.2, 0) is 14.3 Å². The number of Topliss-reactive ketones (excluding diaryl/α,β-unsaturated/α-hetero) is 1. The van der Waals surface area contributed by atoms with Crippen molar-refractivity contribution in [1.29, 1.82) is 0 Å². The highest BCUT2D eigenvalue weighted by molar-refractivity contribution is 7.99. The molecule has 0 aromatic carbocycles. The van der Waals surface area contributed by atoms with E-state index in [1.54, 1.807) is 20.8 Å². The molecule has 0 unspecified atom stereocenters. The van der Waals surface area contributed by atoms with Gasteiger partial charge in [0.15, 0.2) is 0 Å². The van der Waals surface area contributed by atoms with Crippen molar-refractivity contribution < 1.29 is 40.6 Å². The third kappa shape index (κ3) is 5.58. The van der Waals surface area contributed by atoms with E-state index >= 15 is 0 Å². The maximum Gasteiger partial charge on any atom is 0.454 e.